The second kappa shape index (κ2) is 4.59. The zero-order valence-electron chi connectivity index (χ0n) is 9.41. The molecule has 0 spiro atoms. The molecule has 8 heteroatoms. The second-order valence-electron chi connectivity index (χ2n) is 3.75. The average molecular weight is 243 g/mol. The minimum absolute atomic E-state index is 0.0275. The molecule has 0 aliphatic rings. The van der Waals surface area contributed by atoms with Crippen molar-refractivity contribution in [2.75, 3.05) is 5.73 Å². The summed E-state index contributed by atoms with van der Waals surface area (Å²) in [4.78, 5) is 2.52. The standard InChI is InChI=1S/C9H11BF3N4/c1-5-7(4-16-17-15)3-8(10(11,12)13)6(2)9(5)14/h3H,4,14H2,1-2H3/q-1. The van der Waals surface area contributed by atoms with Crippen molar-refractivity contribution in [2.45, 2.75) is 20.4 Å². The van der Waals surface area contributed by atoms with Gasteiger partial charge < -0.3 is 18.7 Å². The molecule has 0 aliphatic carbocycles. The zero-order valence-corrected chi connectivity index (χ0v) is 9.41. The number of nitrogen functional groups attached to an aromatic ring is 1. The molecule has 17 heavy (non-hydrogen) atoms. The molecule has 0 saturated carbocycles. The van der Waals surface area contributed by atoms with Crippen LogP contribution in [-0.4, -0.2) is 6.98 Å². The van der Waals surface area contributed by atoms with E-state index in [4.69, 9.17) is 11.3 Å². The first-order valence-electron chi connectivity index (χ1n) is 4.88. The summed E-state index contributed by atoms with van der Waals surface area (Å²) in [6.45, 7) is -2.30. The number of hydrogen-bond acceptors (Lipinski definition) is 2. The molecule has 0 radical (unpaired) electrons. The highest BCUT2D eigenvalue weighted by Gasteiger charge is 2.29. The van der Waals surface area contributed by atoms with Crippen LogP contribution in [0.4, 0.5) is 18.6 Å². The molecule has 1 aromatic rings. The van der Waals surface area contributed by atoms with E-state index in [1.807, 2.05) is 0 Å². The molecule has 0 bridgehead atoms. The summed E-state index contributed by atoms with van der Waals surface area (Å²) in [5, 5.41) is 3.26. The average Bonchev–Trinajstić information content (AvgIpc) is 2.23. The van der Waals surface area contributed by atoms with E-state index in [0.717, 1.165) is 6.07 Å². The molecule has 1 aromatic carbocycles. The Morgan fingerprint density at radius 3 is 2.41 bits per heavy atom. The number of nitrogens with zero attached hydrogens (tertiary/aromatic N) is 3. The van der Waals surface area contributed by atoms with Crippen molar-refractivity contribution < 1.29 is 12.9 Å². The lowest BCUT2D eigenvalue weighted by Gasteiger charge is -2.22. The van der Waals surface area contributed by atoms with Crippen LogP contribution in [-0.2, 0) is 6.54 Å². The molecule has 0 amide bonds. The monoisotopic (exact) mass is 243 g/mol. The first-order valence-corrected chi connectivity index (χ1v) is 4.88. The predicted molar refractivity (Wildman–Crippen MR) is 61.9 cm³/mol. The number of rotatable bonds is 3. The Bertz CT molecular complexity index is 492. The van der Waals surface area contributed by atoms with E-state index in [2.05, 4.69) is 10.0 Å². The van der Waals surface area contributed by atoms with Gasteiger partial charge in [0.05, 0.1) is 6.54 Å². The lowest BCUT2D eigenvalue weighted by Crippen LogP contribution is -2.37. The van der Waals surface area contributed by atoms with Gasteiger partial charge in [-0.1, -0.05) is 16.7 Å². The van der Waals surface area contributed by atoms with Crippen LogP contribution in [0.1, 0.15) is 16.7 Å². The highest BCUT2D eigenvalue weighted by molar-refractivity contribution is 6.74. The topological polar surface area (TPSA) is 74.8 Å². The molecule has 0 aromatic heterocycles. The van der Waals surface area contributed by atoms with E-state index in [1.165, 1.54) is 6.92 Å². The van der Waals surface area contributed by atoms with Crippen LogP contribution in [0.25, 0.3) is 10.4 Å². The molecular formula is C9H11BF3N4-. The Morgan fingerprint density at radius 1 is 1.35 bits per heavy atom. The van der Waals surface area contributed by atoms with Gasteiger partial charge in [-0.15, -0.1) is 5.46 Å². The van der Waals surface area contributed by atoms with Gasteiger partial charge in [0.25, 0.3) is 0 Å². The zero-order chi connectivity index (χ0) is 13.2. The summed E-state index contributed by atoms with van der Waals surface area (Å²) in [7, 11) is 0. The van der Waals surface area contributed by atoms with Crippen molar-refractivity contribution in [3.05, 3.63) is 33.2 Å². The lowest BCUT2D eigenvalue weighted by atomic mass is 9.75. The van der Waals surface area contributed by atoms with Gasteiger partial charge in [-0.2, -0.15) is 0 Å². The Kier molecular flexibility index (Phi) is 3.58. The van der Waals surface area contributed by atoms with Crippen molar-refractivity contribution in [1.82, 2.24) is 0 Å². The summed E-state index contributed by atoms with van der Waals surface area (Å²) >= 11 is 0. The van der Waals surface area contributed by atoms with Gasteiger partial charge in [0, 0.05) is 10.6 Å². The van der Waals surface area contributed by atoms with Crippen molar-refractivity contribution in [2.24, 2.45) is 5.11 Å². The van der Waals surface area contributed by atoms with Crippen LogP contribution in [0.3, 0.4) is 0 Å². The van der Waals surface area contributed by atoms with E-state index >= 15 is 0 Å². The third-order valence-electron chi connectivity index (χ3n) is 2.71. The van der Waals surface area contributed by atoms with Crippen molar-refractivity contribution in [3.8, 4) is 0 Å². The molecular weight excluding hydrogens is 232 g/mol. The van der Waals surface area contributed by atoms with E-state index in [0.29, 0.717) is 11.1 Å². The van der Waals surface area contributed by atoms with Crippen molar-refractivity contribution in [3.63, 3.8) is 0 Å². The third kappa shape index (κ3) is 2.65. The minimum Gasteiger partial charge on any atom is -0.445 e. The second-order valence-corrected chi connectivity index (χ2v) is 3.75. The highest BCUT2D eigenvalue weighted by atomic mass is 19.4. The van der Waals surface area contributed by atoms with Gasteiger partial charge in [-0.3, -0.25) is 0 Å². The van der Waals surface area contributed by atoms with Crippen LogP contribution in [0.5, 0.6) is 0 Å². The number of benzene rings is 1. The highest BCUT2D eigenvalue weighted by Crippen LogP contribution is 2.23. The van der Waals surface area contributed by atoms with Crippen LogP contribution in [0.15, 0.2) is 11.2 Å². The molecule has 0 saturated heterocycles. The van der Waals surface area contributed by atoms with Gasteiger partial charge in [0.15, 0.2) is 0 Å². The summed E-state index contributed by atoms with van der Waals surface area (Å²) in [6.07, 6.45) is 0. The first kappa shape index (κ1) is 13.3. The molecule has 0 atom stereocenters. The summed E-state index contributed by atoms with van der Waals surface area (Å²) in [5.41, 5.74) is 14.0. The molecule has 0 heterocycles. The fraction of sp³-hybridized carbons (Fsp3) is 0.333. The van der Waals surface area contributed by atoms with Crippen LogP contribution in [0, 0.1) is 13.8 Å². The number of anilines is 1. The molecule has 0 fully saturated rings. The maximum absolute atomic E-state index is 12.8. The fourth-order valence-electron chi connectivity index (χ4n) is 1.63. The molecule has 92 valence electrons. The Hall–Kier alpha value is -1.82. The molecule has 0 aliphatic heterocycles. The lowest BCUT2D eigenvalue weighted by molar-refractivity contribution is 0.500. The summed E-state index contributed by atoms with van der Waals surface area (Å²) < 4.78 is 38.3. The normalized spacial score (nSPS) is 11.1. The van der Waals surface area contributed by atoms with Gasteiger partial charge in [0.2, 0.25) is 0 Å². The summed E-state index contributed by atoms with van der Waals surface area (Å²) in [5.74, 6) is 0. The van der Waals surface area contributed by atoms with E-state index in [9.17, 15) is 12.9 Å². The summed E-state index contributed by atoms with van der Waals surface area (Å²) in [6, 6.07) is 1.01. The number of azide groups is 1. The van der Waals surface area contributed by atoms with Crippen LogP contribution >= 0.6 is 0 Å². The predicted octanol–water partition coefficient (Wildman–Crippen LogP) is 2.75. The number of hydrogen-bond donors (Lipinski definition) is 1. The first-order chi connectivity index (χ1) is 7.79. The molecule has 0 unspecified atom stereocenters. The van der Waals surface area contributed by atoms with Gasteiger partial charge in [-0.05, 0) is 30.5 Å². The van der Waals surface area contributed by atoms with Gasteiger partial charge in [0.1, 0.15) is 0 Å². The van der Waals surface area contributed by atoms with E-state index in [-0.39, 0.29) is 17.8 Å². The molecule has 2 N–H and O–H groups in total. The van der Waals surface area contributed by atoms with E-state index < -0.39 is 12.4 Å². The van der Waals surface area contributed by atoms with Gasteiger partial charge >= 0.3 is 6.98 Å². The Balaban J connectivity index is 3.44. The number of nitrogens with two attached hydrogens (primary N) is 1. The van der Waals surface area contributed by atoms with Crippen LogP contribution < -0.4 is 11.2 Å². The van der Waals surface area contributed by atoms with Crippen molar-refractivity contribution >= 4 is 18.1 Å². The molecule has 4 nitrogen and oxygen atoms in total. The quantitative estimate of drug-likeness (QED) is 0.286. The maximum Gasteiger partial charge on any atom is 0.509 e. The Morgan fingerprint density at radius 2 is 1.94 bits per heavy atom. The fourth-order valence-corrected chi connectivity index (χ4v) is 1.63. The largest absolute Gasteiger partial charge is 0.509 e. The minimum atomic E-state index is -5.12. The maximum atomic E-state index is 12.8. The smallest absolute Gasteiger partial charge is 0.445 e. The Labute approximate surface area is 96.3 Å². The number of halogens is 3. The third-order valence-corrected chi connectivity index (χ3v) is 2.71. The van der Waals surface area contributed by atoms with E-state index in [1.54, 1.807) is 6.92 Å². The van der Waals surface area contributed by atoms with Crippen LogP contribution in [0.2, 0.25) is 0 Å². The molecule has 1 rings (SSSR count). The van der Waals surface area contributed by atoms with Crippen molar-refractivity contribution in [1.29, 1.82) is 0 Å². The SMILES string of the molecule is Cc1c(CN=[N+]=[N-])cc([B-](F)(F)F)c(C)c1N. The van der Waals surface area contributed by atoms with Gasteiger partial charge in [-0.25, -0.2) is 0 Å².